The highest BCUT2D eigenvalue weighted by Crippen LogP contribution is 2.45. The summed E-state index contributed by atoms with van der Waals surface area (Å²) in [6, 6.07) is 8.12. The molecule has 1 fully saturated rings. The van der Waals surface area contributed by atoms with Crippen molar-refractivity contribution in [2.75, 3.05) is 19.0 Å². The molecule has 0 bridgehead atoms. The van der Waals surface area contributed by atoms with E-state index in [1.54, 1.807) is 7.11 Å². The molecular formula is C17H28N2O. The number of nitrogens with one attached hydrogen (secondary N) is 1. The quantitative estimate of drug-likeness (QED) is 0.882. The van der Waals surface area contributed by atoms with Crippen LogP contribution in [0.5, 0.6) is 5.75 Å². The number of benzene rings is 1. The second-order valence-corrected chi connectivity index (χ2v) is 7.20. The molecule has 0 spiro atoms. The number of rotatable bonds is 4. The predicted octanol–water partition coefficient (Wildman–Crippen LogP) is 3.65. The Bertz CT molecular complexity index is 458. The Labute approximate surface area is 122 Å². The third-order valence-corrected chi connectivity index (χ3v) is 4.33. The van der Waals surface area contributed by atoms with Crippen molar-refractivity contribution in [1.82, 2.24) is 0 Å². The fraction of sp³-hybridized carbons (Fsp3) is 0.647. The molecule has 2 unspecified atom stereocenters. The van der Waals surface area contributed by atoms with Gasteiger partial charge in [-0.05, 0) is 42.7 Å². The van der Waals surface area contributed by atoms with Gasteiger partial charge in [-0.2, -0.15) is 0 Å². The minimum absolute atomic E-state index is 0.00642. The van der Waals surface area contributed by atoms with Gasteiger partial charge in [0.1, 0.15) is 5.75 Å². The monoisotopic (exact) mass is 276 g/mol. The molecule has 1 aliphatic carbocycles. The number of hydrogen-bond acceptors (Lipinski definition) is 3. The summed E-state index contributed by atoms with van der Waals surface area (Å²) in [6.45, 7) is 7.69. The van der Waals surface area contributed by atoms with E-state index in [1.165, 1.54) is 6.42 Å². The molecule has 112 valence electrons. The molecule has 3 heteroatoms. The standard InChI is InChI=1S/C17H28N2O/c1-13-9-16(2,3)11-17(10-13,12-18)19-14-6-5-7-15(8-14)20-4/h5-8,13,19H,9-12,18H2,1-4H3. The molecule has 3 N–H and O–H groups in total. The van der Waals surface area contributed by atoms with Gasteiger partial charge in [0, 0.05) is 18.3 Å². The van der Waals surface area contributed by atoms with Crippen molar-refractivity contribution in [3.05, 3.63) is 24.3 Å². The zero-order chi connectivity index (χ0) is 14.8. The molecule has 20 heavy (non-hydrogen) atoms. The maximum absolute atomic E-state index is 6.15. The molecule has 0 saturated heterocycles. The van der Waals surface area contributed by atoms with Crippen molar-refractivity contribution in [3.8, 4) is 5.75 Å². The molecule has 0 amide bonds. The van der Waals surface area contributed by atoms with Gasteiger partial charge < -0.3 is 15.8 Å². The fourth-order valence-corrected chi connectivity index (χ4v) is 4.05. The second kappa shape index (κ2) is 5.65. The maximum atomic E-state index is 6.15. The van der Waals surface area contributed by atoms with Crippen molar-refractivity contribution in [3.63, 3.8) is 0 Å². The van der Waals surface area contributed by atoms with E-state index < -0.39 is 0 Å². The Hall–Kier alpha value is -1.22. The van der Waals surface area contributed by atoms with E-state index in [1.807, 2.05) is 18.2 Å². The highest BCUT2D eigenvalue weighted by molar-refractivity contribution is 5.50. The van der Waals surface area contributed by atoms with Gasteiger partial charge in [-0.25, -0.2) is 0 Å². The molecule has 0 radical (unpaired) electrons. The van der Waals surface area contributed by atoms with Crippen LogP contribution in [0.25, 0.3) is 0 Å². The summed E-state index contributed by atoms with van der Waals surface area (Å²) in [6.07, 6.45) is 3.51. The van der Waals surface area contributed by atoms with Crippen LogP contribution in [-0.2, 0) is 0 Å². The van der Waals surface area contributed by atoms with Gasteiger partial charge in [0.2, 0.25) is 0 Å². The topological polar surface area (TPSA) is 47.3 Å². The first-order chi connectivity index (χ1) is 9.38. The maximum Gasteiger partial charge on any atom is 0.120 e. The lowest BCUT2D eigenvalue weighted by atomic mass is 9.64. The van der Waals surface area contributed by atoms with E-state index in [-0.39, 0.29) is 5.54 Å². The zero-order valence-electron chi connectivity index (χ0n) is 13.2. The molecule has 1 aromatic carbocycles. The highest BCUT2D eigenvalue weighted by atomic mass is 16.5. The summed E-state index contributed by atoms with van der Waals surface area (Å²) in [5.41, 5.74) is 7.57. The lowest BCUT2D eigenvalue weighted by Crippen LogP contribution is -2.52. The van der Waals surface area contributed by atoms with Crippen LogP contribution in [0.1, 0.15) is 40.0 Å². The molecule has 0 heterocycles. The Morgan fingerprint density at radius 2 is 2.10 bits per heavy atom. The van der Waals surface area contributed by atoms with Gasteiger partial charge in [0.15, 0.2) is 0 Å². The lowest BCUT2D eigenvalue weighted by molar-refractivity contribution is 0.125. The van der Waals surface area contributed by atoms with Gasteiger partial charge in [-0.15, -0.1) is 0 Å². The van der Waals surface area contributed by atoms with Crippen LogP contribution in [0.3, 0.4) is 0 Å². The first-order valence-electron chi connectivity index (χ1n) is 7.50. The van der Waals surface area contributed by atoms with Crippen molar-refractivity contribution < 1.29 is 4.74 Å². The molecule has 1 aliphatic rings. The lowest BCUT2D eigenvalue weighted by Gasteiger charge is -2.48. The van der Waals surface area contributed by atoms with Crippen molar-refractivity contribution in [1.29, 1.82) is 0 Å². The molecule has 1 saturated carbocycles. The number of nitrogens with two attached hydrogens (primary N) is 1. The largest absolute Gasteiger partial charge is 0.497 e. The first-order valence-corrected chi connectivity index (χ1v) is 7.50. The van der Waals surface area contributed by atoms with Crippen LogP contribution >= 0.6 is 0 Å². The minimum atomic E-state index is -0.00642. The highest BCUT2D eigenvalue weighted by Gasteiger charge is 2.42. The summed E-state index contributed by atoms with van der Waals surface area (Å²) < 4.78 is 5.30. The summed E-state index contributed by atoms with van der Waals surface area (Å²) in [7, 11) is 1.70. The molecule has 0 aliphatic heterocycles. The average Bonchev–Trinajstić information content (AvgIpc) is 2.36. The number of hydrogen-bond donors (Lipinski definition) is 2. The third-order valence-electron chi connectivity index (χ3n) is 4.33. The average molecular weight is 276 g/mol. The van der Waals surface area contributed by atoms with Gasteiger partial charge in [0.25, 0.3) is 0 Å². The number of methoxy groups -OCH3 is 1. The minimum Gasteiger partial charge on any atom is -0.497 e. The molecule has 2 atom stereocenters. The van der Waals surface area contributed by atoms with Crippen LogP contribution in [0.4, 0.5) is 5.69 Å². The summed E-state index contributed by atoms with van der Waals surface area (Å²) in [5, 5.41) is 3.70. The molecule has 1 aromatic rings. The van der Waals surface area contributed by atoms with Crippen LogP contribution < -0.4 is 15.8 Å². The van der Waals surface area contributed by atoms with Crippen molar-refractivity contribution in [2.24, 2.45) is 17.1 Å². The van der Waals surface area contributed by atoms with Gasteiger partial charge in [0.05, 0.1) is 12.6 Å². The van der Waals surface area contributed by atoms with E-state index in [4.69, 9.17) is 10.5 Å². The summed E-state index contributed by atoms with van der Waals surface area (Å²) >= 11 is 0. The normalized spacial score (nSPS) is 28.9. The van der Waals surface area contributed by atoms with E-state index >= 15 is 0 Å². The molecule has 2 rings (SSSR count). The van der Waals surface area contributed by atoms with Crippen LogP contribution in [-0.4, -0.2) is 19.2 Å². The molecule has 0 aromatic heterocycles. The SMILES string of the molecule is COc1cccc(NC2(CN)CC(C)CC(C)(C)C2)c1. The number of anilines is 1. The van der Waals surface area contributed by atoms with Crippen LogP contribution in [0.15, 0.2) is 24.3 Å². The fourth-order valence-electron chi connectivity index (χ4n) is 4.05. The van der Waals surface area contributed by atoms with E-state index in [0.717, 1.165) is 24.3 Å². The van der Waals surface area contributed by atoms with Crippen molar-refractivity contribution in [2.45, 2.75) is 45.6 Å². The number of ether oxygens (including phenoxy) is 1. The first kappa shape index (κ1) is 15.2. The zero-order valence-corrected chi connectivity index (χ0v) is 13.2. The van der Waals surface area contributed by atoms with E-state index in [2.05, 4.69) is 32.2 Å². The summed E-state index contributed by atoms with van der Waals surface area (Å²) in [4.78, 5) is 0. The van der Waals surface area contributed by atoms with Gasteiger partial charge in [-0.1, -0.05) is 26.8 Å². The predicted molar refractivity (Wildman–Crippen MR) is 85.2 cm³/mol. The third kappa shape index (κ3) is 3.45. The van der Waals surface area contributed by atoms with E-state index in [0.29, 0.717) is 17.9 Å². The second-order valence-electron chi connectivity index (χ2n) is 7.20. The van der Waals surface area contributed by atoms with Gasteiger partial charge >= 0.3 is 0 Å². The smallest absolute Gasteiger partial charge is 0.120 e. The van der Waals surface area contributed by atoms with E-state index in [9.17, 15) is 0 Å². The molecular weight excluding hydrogens is 248 g/mol. The Balaban J connectivity index is 2.22. The van der Waals surface area contributed by atoms with Crippen LogP contribution in [0.2, 0.25) is 0 Å². The Kier molecular flexibility index (Phi) is 4.28. The van der Waals surface area contributed by atoms with Crippen LogP contribution in [0, 0.1) is 11.3 Å². The Morgan fingerprint density at radius 1 is 1.35 bits per heavy atom. The Morgan fingerprint density at radius 3 is 2.70 bits per heavy atom. The molecule has 3 nitrogen and oxygen atoms in total. The summed E-state index contributed by atoms with van der Waals surface area (Å²) in [5.74, 6) is 1.57. The van der Waals surface area contributed by atoms with Gasteiger partial charge in [-0.3, -0.25) is 0 Å². The van der Waals surface area contributed by atoms with Crippen molar-refractivity contribution >= 4 is 5.69 Å².